The Hall–Kier alpha value is 0. The van der Waals surface area contributed by atoms with Gasteiger partial charge in [0.25, 0.3) is 0 Å². The van der Waals surface area contributed by atoms with Crippen LogP contribution >= 0.6 is 0 Å². The van der Waals surface area contributed by atoms with Gasteiger partial charge in [-0.05, 0) is 42.9 Å². The average Bonchev–Trinajstić information content (AvgIpc) is 2.36. The molecule has 2 rings (SSSR count). The third-order valence-corrected chi connectivity index (χ3v) is 4.78. The molecule has 0 nitrogen and oxygen atoms in total. The molecule has 0 heteroatoms. The van der Waals surface area contributed by atoms with E-state index in [0.717, 1.165) is 17.3 Å². The molecule has 2 unspecified atom stereocenters. The predicted molar refractivity (Wildman–Crippen MR) is 53.1 cm³/mol. The van der Waals surface area contributed by atoms with Crippen molar-refractivity contribution in [1.29, 1.82) is 0 Å². The fourth-order valence-corrected chi connectivity index (χ4v) is 3.76. The molecule has 12 heavy (non-hydrogen) atoms. The van der Waals surface area contributed by atoms with Crippen LogP contribution in [0.2, 0.25) is 0 Å². The zero-order chi connectivity index (χ0) is 8.60. The van der Waals surface area contributed by atoms with Gasteiger partial charge < -0.3 is 0 Å². The second-order valence-electron chi connectivity index (χ2n) is 5.17. The minimum Gasteiger partial charge on any atom is -0.0620 e. The van der Waals surface area contributed by atoms with Crippen LogP contribution in [0.15, 0.2) is 0 Å². The summed E-state index contributed by atoms with van der Waals surface area (Å²) in [5.74, 6) is 2.04. The van der Waals surface area contributed by atoms with E-state index in [1.54, 1.807) is 0 Å². The SMILES string of the molecule is CC1CCC(C)C12CCCCC2. The molecule has 0 radical (unpaired) electrons. The van der Waals surface area contributed by atoms with E-state index in [2.05, 4.69) is 13.8 Å². The molecule has 0 bridgehead atoms. The lowest BCUT2D eigenvalue weighted by molar-refractivity contribution is 0.0906. The summed E-state index contributed by atoms with van der Waals surface area (Å²) in [7, 11) is 0. The van der Waals surface area contributed by atoms with E-state index >= 15 is 0 Å². The van der Waals surface area contributed by atoms with Crippen molar-refractivity contribution in [2.75, 3.05) is 0 Å². The molecular formula is C12H22. The highest BCUT2D eigenvalue weighted by Gasteiger charge is 2.45. The monoisotopic (exact) mass is 166 g/mol. The van der Waals surface area contributed by atoms with E-state index in [9.17, 15) is 0 Å². The fraction of sp³-hybridized carbons (Fsp3) is 1.00. The summed E-state index contributed by atoms with van der Waals surface area (Å²) >= 11 is 0. The van der Waals surface area contributed by atoms with Gasteiger partial charge in [-0.15, -0.1) is 0 Å². The van der Waals surface area contributed by atoms with Crippen molar-refractivity contribution < 1.29 is 0 Å². The molecule has 0 heterocycles. The third-order valence-electron chi connectivity index (χ3n) is 4.78. The maximum absolute atomic E-state index is 2.49. The topological polar surface area (TPSA) is 0 Å². The first-order valence-corrected chi connectivity index (χ1v) is 5.76. The van der Waals surface area contributed by atoms with Crippen LogP contribution in [0, 0.1) is 17.3 Å². The van der Waals surface area contributed by atoms with E-state index in [1.165, 1.54) is 44.9 Å². The van der Waals surface area contributed by atoms with Crippen LogP contribution in [0.1, 0.15) is 58.8 Å². The third kappa shape index (κ3) is 1.11. The van der Waals surface area contributed by atoms with Gasteiger partial charge in [0.15, 0.2) is 0 Å². The van der Waals surface area contributed by atoms with Crippen LogP contribution in [-0.4, -0.2) is 0 Å². The Balaban J connectivity index is 2.14. The van der Waals surface area contributed by atoms with Crippen molar-refractivity contribution in [2.24, 2.45) is 17.3 Å². The minimum atomic E-state index is 0.790. The second kappa shape index (κ2) is 3.05. The lowest BCUT2D eigenvalue weighted by Crippen LogP contribution is -2.31. The molecule has 0 aromatic rings. The lowest BCUT2D eigenvalue weighted by atomic mass is 9.64. The summed E-state index contributed by atoms with van der Waals surface area (Å²) in [6, 6.07) is 0. The van der Waals surface area contributed by atoms with Crippen molar-refractivity contribution in [1.82, 2.24) is 0 Å². The fourth-order valence-electron chi connectivity index (χ4n) is 3.76. The number of rotatable bonds is 0. The van der Waals surface area contributed by atoms with E-state index in [1.807, 2.05) is 0 Å². The molecule has 0 aromatic heterocycles. The van der Waals surface area contributed by atoms with Crippen molar-refractivity contribution >= 4 is 0 Å². The molecular weight excluding hydrogens is 144 g/mol. The summed E-state index contributed by atoms with van der Waals surface area (Å²) < 4.78 is 0. The quantitative estimate of drug-likeness (QED) is 0.510. The Labute approximate surface area is 76.7 Å². The summed E-state index contributed by atoms with van der Waals surface area (Å²) in [6.07, 6.45) is 10.6. The average molecular weight is 166 g/mol. The maximum atomic E-state index is 2.49. The first kappa shape index (κ1) is 8.59. The Bertz CT molecular complexity index is 141. The highest BCUT2D eigenvalue weighted by atomic mass is 14.5. The van der Waals surface area contributed by atoms with Gasteiger partial charge in [-0.2, -0.15) is 0 Å². The van der Waals surface area contributed by atoms with Crippen LogP contribution in [0.3, 0.4) is 0 Å². The molecule has 2 fully saturated rings. The normalized spacial score (nSPS) is 40.5. The van der Waals surface area contributed by atoms with Crippen LogP contribution < -0.4 is 0 Å². The van der Waals surface area contributed by atoms with Crippen molar-refractivity contribution in [2.45, 2.75) is 58.8 Å². The van der Waals surface area contributed by atoms with E-state index in [0.29, 0.717) is 0 Å². The largest absolute Gasteiger partial charge is 0.0620 e. The summed E-state index contributed by atoms with van der Waals surface area (Å²) in [6.45, 7) is 4.99. The number of hydrogen-bond acceptors (Lipinski definition) is 0. The smallest absolute Gasteiger partial charge is 0.0246 e. The molecule has 0 aliphatic heterocycles. The molecule has 1 spiro atoms. The Kier molecular flexibility index (Phi) is 2.18. The van der Waals surface area contributed by atoms with E-state index in [4.69, 9.17) is 0 Å². The van der Waals surface area contributed by atoms with Gasteiger partial charge in [0.2, 0.25) is 0 Å². The first-order chi connectivity index (χ1) is 5.76. The Morgan fingerprint density at radius 3 is 1.83 bits per heavy atom. The lowest BCUT2D eigenvalue weighted by Gasteiger charge is -2.41. The number of hydrogen-bond donors (Lipinski definition) is 0. The summed E-state index contributed by atoms with van der Waals surface area (Å²) in [5.41, 5.74) is 0.790. The van der Waals surface area contributed by atoms with E-state index in [-0.39, 0.29) is 0 Å². The predicted octanol–water partition coefficient (Wildman–Crippen LogP) is 4.00. The second-order valence-corrected chi connectivity index (χ2v) is 5.17. The molecule has 2 aliphatic carbocycles. The molecule has 0 saturated heterocycles. The molecule has 0 aromatic carbocycles. The van der Waals surface area contributed by atoms with Gasteiger partial charge in [0.1, 0.15) is 0 Å². The maximum Gasteiger partial charge on any atom is -0.0246 e. The van der Waals surface area contributed by atoms with Crippen molar-refractivity contribution in [3.63, 3.8) is 0 Å². The van der Waals surface area contributed by atoms with Gasteiger partial charge in [-0.3, -0.25) is 0 Å². The minimum absolute atomic E-state index is 0.790. The van der Waals surface area contributed by atoms with Crippen LogP contribution in [-0.2, 0) is 0 Å². The van der Waals surface area contributed by atoms with Gasteiger partial charge in [0.05, 0.1) is 0 Å². The highest BCUT2D eigenvalue weighted by Crippen LogP contribution is 2.55. The van der Waals surface area contributed by atoms with Crippen LogP contribution in [0.5, 0.6) is 0 Å². The Morgan fingerprint density at radius 1 is 0.833 bits per heavy atom. The zero-order valence-corrected chi connectivity index (χ0v) is 8.60. The summed E-state index contributed by atoms with van der Waals surface area (Å²) in [5, 5.41) is 0. The first-order valence-electron chi connectivity index (χ1n) is 5.76. The van der Waals surface area contributed by atoms with Crippen molar-refractivity contribution in [3.8, 4) is 0 Å². The molecule has 2 aliphatic rings. The van der Waals surface area contributed by atoms with Gasteiger partial charge in [-0.25, -0.2) is 0 Å². The molecule has 0 amide bonds. The molecule has 70 valence electrons. The molecule has 0 N–H and O–H groups in total. The zero-order valence-electron chi connectivity index (χ0n) is 8.60. The van der Waals surface area contributed by atoms with E-state index < -0.39 is 0 Å². The van der Waals surface area contributed by atoms with Gasteiger partial charge in [0, 0.05) is 0 Å². The standard InChI is InChI=1S/C12H22/c1-10-6-7-11(2)12(10)8-4-3-5-9-12/h10-11H,3-9H2,1-2H3. The van der Waals surface area contributed by atoms with Crippen molar-refractivity contribution in [3.05, 3.63) is 0 Å². The molecule has 2 saturated carbocycles. The highest BCUT2D eigenvalue weighted by molar-refractivity contribution is 4.95. The van der Waals surface area contributed by atoms with Crippen LogP contribution in [0.25, 0.3) is 0 Å². The molecule has 2 atom stereocenters. The summed E-state index contributed by atoms with van der Waals surface area (Å²) in [4.78, 5) is 0. The van der Waals surface area contributed by atoms with Gasteiger partial charge >= 0.3 is 0 Å². The van der Waals surface area contributed by atoms with Crippen LogP contribution in [0.4, 0.5) is 0 Å². The van der Waals surface area contributed by atoms with Gasteiger partial charge in [-0.1, -0.05) is 33.1 Å². The Morgan fingerprint density at radius 2 is 1.33 bits per heavy atom.